The SMILES string of the molecule is CC(C)(C)NC(=O)OC(Cc1ccccc1)Cn1cc(-c2cc(Cl)ccc2-n2cnnn2)nn1. The maximum Gasteiger partial charge on any atom is 0.407 e. The van der Waals surface area contributed by atoms with Crippen molar-refractivity contribution in [2.45, 2.75) is 45.4 Å². The highest BCUT2D eigenvalue weighted by Gasteiger charge is 2.21. The van der Waals surface area contributed by atoms with E-state index in [1.807, 2.05) is 57.2 Å². The minimum Gasteiger partial charge on any atom is -0.444 e. The van der Waals surface area contributed by atoms with Gasteiger partial charge in [-0.25, -0.2) is 9.48 Å². The summed E-state index contributed by atoms with van der Waals surface area (Å²) in [5.74, 6) is 0. The molecule has 4 aromatic rings. The van der Waals surface area contributed by atoms with Gasteiger partial charge < -0.3 is 10.1 Å². The van der Waals surface area contributed by atoms with Crippen molar-refractivity contribution >= 4 is 17.7 Å². The van der Waals surface area contributed by atoms with Gasteiger partial charge in [0.2, 0.25) is 0 Å². The third kappa shape index (κ3) is 6.16. The lowest BCUT2D eigenvalue weighted by molar-refractivity contribution is 0.0794. The molecule has 0 fully saturated rings. The molecular formula is C23H25ClN8O2. The van der Waals surface area contributed by atoms with Crippen molar-refractivity contribution in [2.75, 3.05) is 0 Å². The molecule has 4 rings (SSSR count). The third-order valence-corrected chi connectivity index (χ3v) is 5.05. The molecule has 2 aromatic heterocycles. The zero-order valence-corrected chi connectivity index (χ0v) is 19.8. The van der Waals surface area contributed by atoms with Crippen LogP contribution in [0.2, 0.25) is 5.02 Å². The Morgan fingerprint density at radius 3 is 2.65 bits per heavy atom. The van der Waals surface area contributed by atoms with Gasteiger partial charge in [0, 0.05) is 22.5 Å². The van der Waals surface area contributed by atoms with Crippen LogP contribution in [0.25, 0.3) is 16.9 Å². The van der Waals surface area contributed by atoms with Crippen LogP contribution in [-0.2, 0) is 17.7 Å². The van der Waals surface area contributed by atoms with Crippen LogP contribution in [0.15, 0.2) is 61.1 Å². The van der Waals surface area contributed by atoms with Crippen molar-refractivity contribution < 1.29 is 9.53 Å². The standard InChI is InChI=1S/C23H25ClN8O2/c1-23(2,3)26-22(33)34-18(11-16-7-5-4-6-8-16)13-31-14-20(27-29-31)19-12-17(24)9-10-21(19)32-15-25-28-30-32/h4-10,12,14-15,18H,11,13H2,1-3H3,(H,26,33). The summed E-state index contributed by atoms with van der Waals surface area (Å²) in [5.41, 5.74) is 2.66. The van der Waals surface area contributed by atoms with E-state index in [0.717, 1.165) is 11.1 Å². The molecule has 0 bridgehead atoms. The number of amides is 1. The molecule has 0 saturated carbocycles. The maximum atomic E-state index is 12.5. The number of aromatic nitrogens is 7. The van der Waals surface area contributed by atoms with Crippen LogP contribution in [0, 0.1) is 0 Å². The molecule has 0 saturated heterocycles. The van der Waals surface area contributed by atoms with Crippen LogP contribution >= 0.6 is 11.6 Å². The van der Waals surface area contributed by atoms with Gasteiger partial charge in [-0.1, -0.05) is 47.1 Å². The fourth-order valence-electron chi connectivity index (χ4n) is 3.41. The van der Waals surface area contributed by atoms with Crippen LogP contribution < -0.4 is 5.32 Å². The van der Waals surface area contributed by atoms with E-state index in [4.69, 9.17) is 16.3 Å². The Kier molecular flexibility index (Phi) is 6.87. The van der Waals surface area contributed by atoms with Crippen molar-refractivity contribution in [3.05, 3.63) is 71.6 Å². The monoisotopic (exact) mass is 480 g/mol. The summed E-state index contributed by atoms with van der Waals surface area (Å²) >= 11 is 6.24. The zero-order valence-electron chi connectivity index (χ0n) is 19.1. The molecule has 10 nitrogen and oxygen atoms in total. The number of nitrogens with zero attached hydrogens (tertiary/aromatic N) is 7. The second-order valence-corrected chi connectivity index (χ2v) is 9.27. The van der Waals surface area contributed by atoms with Crippen LogP contribution in [-0.4, -0.2) is 52.9 Å². The van der Waals surface area contributed by atoms with Gasteiger partial charge >= 0.3 is 6.09 Å². The summed E-state index contributed by atoms with van der Waals surface area (Å²) in [5, 5.41) is 23.3. The number of tetrazole rings is 1. The number of alkyl carbamates (subject to hydrolysis) is 1. The average Bonchev–Trinajstić information content (AvgIpc) is 3.45. The highest BCUT2D eigenvalue weighted by molar-refractivity contribution is 6.31. The summed E-state index contributed by atoms with van der Waals surface area (Å²) in [7, 11) is 0. The molecule has 1 N–H and O–H groups in total. The minimum atomic E-state index is -0.482. The van der Waals surface area contributed by atoms with Crippen molar-refractivity contribution in [1.82, 2.24) is 40.5 Å². The van der Waals surface area contributed by atoms with E-state index in [-0.39, 0.29) is 0 Å². The number of rotatable bonds is 7. The van der Waals surface area contributed by atoms with Gasteiger partial charge in [0.05, 0.1) is 18.4 Å². The summed E-state index contributed by atoms with van der Waals surface area (Å²) in [6.07, 6.45) is 2.86. The first-order valence-electron chi connectivity index (χ1n) is 10.7. The molecule has 176 valence electrons. The molecule has 1 atom stereocenters. The van der Waals surface area contributed by atoms with Crippen LogP contribution in [0.4, 0.5) is 4.79 Å². The smallest absolute Gasteiger partial charge is 0.407 e. The predicted molar refractivity (Wildman–Crippen MR) is 126 cm³/mol. The third-order valence-electron chi connectivity index (χ3n) is 4.82. The van der Waals surface area contributed by atoms with Crippen LogP contribution in [0.3, 0.4) is 0 Å². The van der Waals surface area contributed by atoms with Gasteiger partial charge in [-0.15, -0.1) is 10.2 Å². The number of nitrogens with one attached hydrogen (secondary N) is 1. The first kappa shape index (κ1) is 23.4. The Bertz CT molecular complexity index is 1240. The summed E-state index contributed by atoms with van der Waals surface area (Å²) < 4.78 is 8.94. The highest BCUT2D eigenvalue weighted by Crippen LogP contribution is 2.27. The van der Waals surface area contributed by atoms with E-state index in [0.29, 0.717) is 29.4 Å². The quantitative estimate of drug-likeness (QED) is 0.429. The van der Waals surface area contributed by atoms with E-state index in [2.05, 4.69) is 31.2 Å². The Hall–Kier alpha value is -3.79. The lowest BCUT2D eigenvalue weighted by atomic mass is 10.1. The molecule has 2 heterocycles. The molecule has 11 heteroatoms. The number of ether oxygens (including phenoxy) is 1. The van der Waals surface area contributed by atoms with Crippen LogP contribution in [0.5, 0.6) is 0 Å². The second-order valence-electron chi connectivity index (χ2n) is 8.83. The molecule has 34 heavy (non-hydrogen) atoms. The largest absolute Gasteiger partial charge is 0.444 e. The zero-order chi connectivity index (χ0) is 24.1. The summed E-state index contributed by atoms with van der Waals surface area (Å²) in [6, 6.07) is 15.2. The summed E-state index contributed by atoms with van der Waals surface area (Å²) in [6.45, 7) is 6.02. The number of halogens is 1. The van der Waals surface area contributed by atoms with Gasteiger partial charge in [-0.2, -0.15) is 4.68 Å². The van der Waals surface area contributed by atoms with Crippen LogP contribution in [0.1, 0.15) is 26.3 Å². The fourth-order valence-corrected chi connectivity index (χ4v) is 3.58. The van der Waals surface area contributed by atoms with Crippen molar-refractivity contribution in [3.8, 4) is 16.9 Å². The number of carbonyl (C=O) groups is 1. The lowest BCUT2D eigenvalue weighted by Gasteiger charge is -2.23. The van der Waals surface area contributed by atoms with Gasteiger partial charge in [-0.3, -0.25) is 0 Å². The topological polar surface area (TPSA) is 113 Å². The van der Waals surface area contributed by atoms with E-state index in [1.54, 1.807) is 23.0 Å². The predicted octanol–water partition coefficient (Wildman–Crippen LogP) is 3.71. The van der Waals surface area contributed by atoms with E-state index in [1.165, 1.54) is 11.0 Å². The molecule has 0 aliphatic rings. The van der Waals surface area contributed by atoms with Gasteiger partial charge in [-0.05, 0) is 55.0 Å². The maximum absolute atomic E-state index is 12.5. The number of benzene rings is 2. The van der Waals surface area contributed by atoms with Gasteiger partial charge in [0.15, 0.2) is 0 Å². The number of carbonyl (C=O) groups excluding carboxylic acids is 1. The Morgan fingerprint density at radius 2 is 1.94 bits per heavy atom. The number of hydrogen-bond donors (Lipinski definition) is 1. The van der Waals surface area contributed by atoms with Gasteiger partial charge in [0.25, 0.3) is 0 Å². The normalized spacial score (nSPS) is 12.4. The van der Waals surface area contributed by atoms with E-state index >= 15 is 0 Å². The molecule has 0 aliphatic carbocycles. The molecule has 1 unspecified atom stereocenters. The molecular weight excluding hydrogens is 456 g/mol. The minimum absolute atomic E-state index is 0.320. The number of hydrogen-bond acceptors (Lipinski definition) is 7. The Balaban J connectivity index is 1.57. The lowest BCUT2D eigenvalue weighted by Crippen LogP contribution is -2.43. The van der Waals surface area contributed by atoms with Gasteiger partial charge in [0.1, 0.15) is 18.1 Å². The molecule has 1 amide bonds. The molecule has 0 radical (unpaired) electrons. The summed E-state index contributed by atoms with van der Waals surface area (Å²) in [4.78, 5) is 12.5. The molecule has 0 aliphatic heterocycles. The fraction of sp³-hybridized carbons (Fsp3) is 0.304. The van der Waals surface area contributed by atoms with Crippen molar-refractivity contribution in [3.63, 3.8) is 0 Å². The van der Waals surface area contributed by atoms with Crippen molar-refractivity contribution in [1.29, 1.82) is 0 Å². The van der Waals surface area contributed by atoms with Crippen molar-refractivity contribution in [2.24, 2.45) is 0 Å². The first-order chi connectivity index (χ1) is 16.3. The Morgan fingerprint density at radius 1 is 1.15 bits per heavy atom. The van der Waals surface area contributed by atoms with E-state index in [9.17, 15) is 4.79 Å². The second kappa shape index (κ2) is 10.0. The molecule has 2 aromatic carbocycles. The Labute approximate surface area is 201 Å². The highest BCUT2D eigenvalue weighted by atomic mass is 35.5. The van der Waals surface area contributed by atoms with E-state index < -0.39 is 17.7 Å². The first-order valence-corrected chi connectivity index (χ1v) is 11.1. The average molecular weight is 481 g/mol. The molecule has 0 spiro atoms.